The first-order valence-corrected chi connectivity index (χ1v) is 9.95. The number of nitrogens with zero attached hydrogens (tertiary/aromatic N) is 4. The van der Waals surface area contributed by atoms with Crippen LogP contribution in [-0.4, -0.2) is 71.5 Å². The third-order valence-corrected chi connectivity index (χ3v) is 5.74. The van der Waals surface area contributed by atoms with E-state index in [-0.39, 0.29) is 5.92 Å². The largest absolute Gasteiger partial charge is 0.342 e. The molecule has 0 radical (unpaired) electrons. The highest BCUT2D eigenvalue weighted by Gasteiger charge is 2.31. The van der Waals surface area contributed by atoms with Gasteiger partial charge in [-0.2, -0.15) is 0 Å². The van der Waals surface area contributed by atoms with Crippen molar-refractivity contribution in [3.8, 4) is 0 Å². The summed E-state index contributed by atoms with van der Waals surface area (Å²) < 4.78 is 0. The summed E-state index contributed by atoms with van der Waals surface area (Å²) in [5.74, 6) is 1.48. The maximum Gasteiger partial charge on any atom is 0.225 e. The Morgan fingerprint density at radius 3 is 2.54 bits per heavy atom. The number of amides is 1. The van der Waals surface area contributed by atoms with Crippen LogP contribution in [-0.2, 0) is 4.79 Å². The van der Waals surface area contributed by atoms with E-state index in [0.29, 0.717) is 5.91 Å². The zero-order valence-corrected chi connectivity index (χ0v) is 15.7. The van der Waals surface area contributed by atoms with Crippen LogP contribution in [0.15, 0.2) is 24.3 Å². The number of carbonyl (C=O) groups excluding carboxylic acids is 1. The molecule has 1 aromatic heterocycles. The molecule has 140 valence electrons. The molecule has 6 heteroatoms. The number of aromatic amines is 1. The van der Waals surface area contributed by atoms with Crippen molar-refractivity contribution >= 4 is 22.9 Å². The fourth-order valence-electron chi connectivity index (χ4n) is 4.19. The van der Waals surface area contributed by atoms with Crippen molar-refractivity contribution in [3.63, 3.8) is 0 Å². The zero-order valence-electron chi connectivity index (χ0n) is 15.7. The van der Waals surface area contributed by atoms with Gasteiger partial charge in [-0.1, -0.05) is 19.1 Å². The lowest BCUT2D eigenvalue weighted by atomic mass is 9.95. The van der Waals surface area contributed by atoms with E-state index in [1.54, 1.807) is 0 Å². The van der Waals surface area contributed by atoms with Gasteiger partial charge < -0.3 is 14.8 Å². The van der Waals surface area contributed by atoms with Gasteiger partial charge in [0.05, 0.1) is 11.0 Å². The average Bonchev–Trinajstić information content (AvgIpc) is 3.13. The van der Waals surface area contributed by atoms with Crippen LogP contribution in [0.4, 0.5) is 5.95 Å². The normalized spacial score (nSPS) is 20.0. The van der Waals surface area contributed by atoms with Crippen molar-refractivity contribution in [3.05, 3.63) is 24.3 Å². The number of anilines is 1. The van der Waals surface area contributed by atoms with Crippen LogP contribution in [0.1, 0.15) is 26.2 Å². The van der Waals surface area contributed by atoms with E-state index in [0.717, 1.165) is 75.6 Å². The quantitative estimate of drug-likeness (QED) is 0.915. The van der Waals surface area contributed by atoms with E-state index < -0.39 is 0 Å². The third-order valence-electron chi connectivity index (χ3n) is 5.74. The summed E-state index contributed by atoms with van der Waals surface area (Å²) in [4.78, 5) is 27.8. The molecule has 2 aromatic rings. The number of benzene rings is 1. The molecule has 4 rings (SSSR count). The van der Waals surface area contributed by atoms with Crippen molar-refractivity contribution in [2.24, 2.45) is 5.92 Å². The van der Waals surface area contributed by atoms with Crippen LogP contribution < -0.4 is 4.90 Å². The Morgan fingerprint density at radius 1 is 1.12 bits per heavy atom. The predicted molar refractivity (Wildman–Crippen MR) is 104 cm³/mol. The number of hydrogen-bond acceptors (Lipinski definition) is 4. The molecule has 2 aliphatic heterocycles. The molecular formula is C20H29N5O. The molecule has 1 aromatic carbocycles. The van der Waals surface area contributed by atoms with Gasteiger partial charge in [-0.05, 0) is 37.9 Å². The first-order valence-electron chi connectivity index (χ1n) is 9.95. The SMILES string of the molecule is CCCN1CCN(C(=O)C2CCN(c3nc4ccccc4[nH]3)CC2)CC1. The Morgan fingerprint density at radius 2 is 1.85 bits per heavy atom. The number of nitrogens with one attached hydrogen (secondary N) is 1. The third kappa shape index (κ3) is 3.56. The number of piperidine rings is 1. The molecule has 3 heterocycles. The topological polar surface area (TPSA) is 55.5 Å². The van der Waals surface area contributed by atoms with Crippen molar-refractivity contribution in [2.45, 2.75) is 26.2 Å². The monoisotopic (exact) mass is 355 g/mol. The minimum absolute atomic E-state index is 0.174. The van der Waals surface area contributed by atoms with Gasteiger partial charge in [-0.15, -0.1) is 0 Å². The first-order chi connectivity index (χ1) is 12.7. The Labute approximate surface area is 155 Å². The second-order valence-electron chi connectivity index (χ2n) is 7.51. The number of para-hydroxylation sites is 2. The highest BCUT2D eigenvalue weighted by Crippen LogP contribution is 2.25. The van der Waals surface area contributed by atoms with Gasteiger partial charge in [0.15, 0.2) is 0 Å². The Bertz CT molecular complexity index is 708. The number of H-pyrrole nitrogens is 1. The highest BCUT2D eigenvalue weighted by atomic mass is 16.2. The smallest absolute Gasteiger partial charge is 0.225 e. The Hall–Kier alpha value is -2.08. The molecule has 2 fully saturated rings. The maximum atomic E-state index is 12.9. The van der Waals surface area contributed by atoms with E-state index in [4.69, 9.17) is 4.98 Å². The molecule has 0 saturated carbocycles. The summed E-state index contributed by atoms with van der Waals surface area (Å²) >= 11 is 0. The molecule has 26 heavy (non-hydrogen) atoms. The molecule has 0 bridgehead atoms. The van der Waals surface area contributed by atoms with E-state index in [2.05, 4.69) is 32.7 Å². The summed E-state index contributed by atoms with van der Waals surface area (Å²) in [5, 5.41) is 0. The summed E-state index contributed by atoms with van der Waals surface area (Å²) in [7, 11) is 0. The van der Waals surface area contributed by atoms with Crippen LogP contribution in [0.25, 0.3) is 11.0 Å². The van der Waals surface area contributed by atoms with Gasteiger partial charge in [0.25, 0.3) is 0 Å². The predicted octanol–water partition coefficient (Wildman–Crippen LogP) is 2.33. The van der Waals surface area contributed by atoms with Gasteiger partial charge in [0.1, 0.15) is 0 Å². The number of aromatic nitrogens is 2. The van der Waals surface area contributed by atoms with Crippen molar-refractivity contribution < 1.29 is 4.79 Å². The van der Waals surface area contributed by atoms with Crippen molar-refractivity contribution in [2.75, 3.05) is 50.7 Å². The van der Waals surface area contributed by atoms with Crippen molar-refractivity contribution in [1.82, 2.24) is 19.8 Å². The first kappa shape index (κ1) is 17.3. The van der Waals surface area contributed by atoms with Gasteiger partial charge in [0, 0.05) is 45.2 Å². The Balaban J connectivity index is 1.31. The standard InChI is InChI=1S/C20H29N5O/c1-2-9-23-12-14-24(15-13-23)19(26)16-7-10-25(11-8-16)20-21-17-5-3-4-6-18(17)22-20/h3-6,16H,2,7-15H2,1H3,(H,21,22). The fourth-order valence-corrected chi connectivity index (χ4v) is 4.19. The Kier molecular flexibility index (Phi) is 5.11. The number of carbonyl (C=O) groups is 1. The number of fused-ring (bicyclic) bond motifs is 1. The highest BCUT2D eigenvalue weighted by molar-refractivity contribution is 5.80. The number of rotatable bonds is 4. The number of hydrogen-bond donors (Lipinski definition) is 1. The van der Waals surface area contributed by atoms with E-state index in [9.17, 15) is 4.79 Å². The minimum Gasteiger partial charge on any atom is -0.342 e. The van der Waals surface area contributed by atoms with Gasteiger partial charge in [-0.25, -0.2) is 4.98 Å². The van der Waals surface area contributed by atoms with Crippen LogP contribution >= 0.6 is 0 Å². The van der Waals surface area contributed by atoms with Crippen LogP contribution in [0.3, 0.4) is 0 Å². The molecular weight excluding hydrogens is 326 g/mol. The van der Waals surface area contributed by atoms with Crippen LogP contribution in [0, 0.1) is 5.92 Å². The summed E-state index contributed by atoms with van der Waals surface area (Å²) in [6, 6.07) is 8.12. The summed E-state index contributed by atoms with van der Waals surface area (Å²) in [5.41, 5.74) is 2.08. The van der Waals surface area contributed by atoms with Gasteiger partial charge in [-0.3, -0.25) is 9.69 Å². The molecule has 6 nitrogen and oxygen atoms in total. The fraction of sp³-hybridized carbons (Fsp3) is 0.600. The number of piperazine rings is 1. The molecule has 1 amide bonds. The zero-order chi connectivity index (χ0) is 17.9. The second-order valence-corrected chi connectivity index (χ2v) is 7.51. The molecule has 1 N–H and O–H groups in total. The molecule has 0 unspecified atom stereocenters. The lowest BCUT2D eigenvalue weighted by molar-refractivity contribution is -0.138. The lowest BCUT2D eigenvalue weighted by Crippen LogP contribution is -2.51. The lowest BCUT2D eigenvalue weighted by Gasteiger charge is -2.38. The van der Waals surface area contributed by atoms with Crippen LogP contribution in [0.2, 0.25) is 0 Å². The van der Waals surface area contributed by atoms with Gasteiger partial charge in [0.2, 0.25) is 11.9 Å². The van der Waals surface area contributed by atoms with Gasteiger partial charge >= 0.3 is 0 Å². The summed E-state index contributed by atoms with van der Waals surface area (Å²) in [6.45, 7) is 8.99. The number of imidazole rings is 1. The molecule has 0 aliphatic carbocycles. The van der Waals surface area contributed by atoms with E-state index >= 15 is 0 Å². The molecule has 0 spiro atoms. The van der Waals surface area contributed by atoms with Crippen LogP contribution in [0.5, 0.6) is 0 Å². The molecule has 2 saturated heterocycles. The summed E-state index contributed by atoms with van der Waals surface area (Å²) in [6.07, 6.45) is 3.03. The van der Waals surface area contributed by atoms with E-state index in [1.807, 2.05) is 18.2 Å². The molecule has 0 atom stereocenters. The van der Waals surface area contributed by atoms with Crippen molar-refractivity contribution in [1.29, 1.82) is 0 Å². The minimum atomic E-state index is 0.174. The average molecular weight is 355 g/mol. The maximum absolute atomic E-state index is 12.9. The molecule has 2 aliphatic rings. The second kappa shape index (κ2) is 7.66. The van der Waals surface area contributed by atoms with E-state index in [1.165, 1.54) is 6.42 Å².